The molecule has 4 heterocycles. The Bertz CT molecular complexity index is 1600. The molecule has 39 heavy (non-hydrogen) atoms. The van der Waals surface area contributed by atoms with Gasteiger partial charge in [0.1, 0.15) is 17.5 Å². The van der Waals surface area contributed by atoms with Crippen molar-refractivity contribution in [2.45, 2.75) is 38.6 Å². The van der Waals surface area contributed by atoms with E-state index < -0.39 is 46.4 Å². The SMILES string of the molecule is CC[C@@H](c1cc(F)cc(F)c1)n1c(-c2nc(C)cs2)nc(=O)c(C(=O)N2CCC(c3cc(F)ccn3)C2)c1O. The summed E-state index contributed by atoms with van der Waals surface area (Å²) in [6.45, 7) is 3.89. The molecule has 4 aromatic rings. The van der Waals surface area contributed by atoms with Crippen LogP contribution >= 0.6 is 11.3 Å². The fraction of sp³-hybridized carbons (Fsp3) is 0.296. The Morgan fingerprint density at radius 1 is 1.15 bits per heavy atom. The molecular weight excluding hydrogens is 531 g/mol. The highest BCUT2D eigenvalue weighted by Gasteiger charge is 2.35. The predicted molar refractivity (Wildman–Crippen MR) is 138 cm³/mol. The summed E-state index contributed by atoms with van der Waals surface area (Å²) in [6.07, 6.45) is 2.08. The van der Waals surface area contributed by atoms with Gasteiger partial charge in [0.15, 0.2) is 16.4 Å². The number of amides is 1. The van der Waals surface area contributed by atoms with Crippen LogP contribution in [0.3, 0.4) is 0 Å². The lowest BCUT2D eigenvalue weighted by atomic mass is 10.0. The number of likely N-dealkylation sites (tertiary alicyclic amines) is 1. The third-order valence-electron chi connectivity index (χ3n) is 6.73. The molecule has 0 saturated carbocycles. The van der Waals surface area contributed by atoms with Gasteiger partial charge in [-0.05, 0) is 49.6 Å². The van der Waals surface area contributed by atoms with E-state index in [4.69, 9.17) is 0 Å². The van der Waals surface area contributed by atoms with Gasteiger partial charge in [0.2, 0.25) is 5.88 Å². The van der Waals surface area contributed by atoms with Crippen molar-refractivity contribution in [3.8, 4) is 16.7 Å². The quantitative estimate of drug-likeness (QED) is 0.366. The molecule has 2 atom stereocenters. The summed E-state index contributed by atoms with van der Waals surface area (Å²) in [4.78, 5) is 40.9. The Balaban J connectivity index is 1.61. The Labute approximate surface area is 225 Å². The Kier molecular flexibility index (Phi) is 7.21. The first-order valence-corrected chi connectivity index (χ1v) is 13.2. The van der Waals surface area contributed by atoms with Gasteiger partial charge in [0, 0.05) is 48.0 Å². The molecule has 0 radical (unpaired) electrons. The second-order valence-electron chi connectivity index (χ2n) is 9.37. The van der Waals surface area contributed by atoms with Crippen LogP contribution in [0.4, 0.5) is 13.2 Å². The van der Waals surface area contributed by atoms with Gasteiger partial charge in [-0.25, -0.2) is 18.2 Å². The van der Waals surface area contributed by atoms with Crippen LogP contribution in [0.1, 0.15) is 59.0 Å². The number of thiazole rings is 1. The summed E-state index contributed by atoms with van der Waals surface area (Å²) in [7, 11) is 0. The monoisotopic (exact) mass is 555 g/mol. The summed E-state index contributed by atoms with van der Waals surface area (Å²) >= 11 is 1.18. The van der Waals surface area contributed by atoms with Crippen LogP contribution in [-0.4, -0.2) is 48.5 Å². The summed E-state index contributed by atoms with van der Waals surface area (Å²) in [5, 5.41) is 13.5. The third kappa shape index (κ3) is 5.16. The molecule has 1 aliphatic heterocycles. The summed E-state index contributed by atoms with van der Waals surface area (Å²) in [5.74, 6) is -3.76. The number of halogens is 3. The highest BCUT2D eigenvalue weighted by molar-refractivity contribution is 7.13. The van der Waals surface area contributed by atoms with Gasteiger partial charge in [-0.15, -0.1) is 11.3 Å². The Morgan fingerprint density at radius 3 is 2.54 bits per heavy atom. The number of pyridine rings is 1. The van der Waals surface area contributed by atoms with E-state index >= 15 is 0 Å². The molecule has 1 N–H and O–H groups in total. The average Bonchev–Trinajstić information content (AvgIpc) is 3.55. The van der Waals surface area contributed by atoms with Crippen molar-refractivity contribution >= 4 is 17.2 Å². The first kappa shape index (κ1) is 26.5. The van der Waals surface area contributed by atoms with E-state index in [9.17, 15) is 27.9 Å². The maximum absolute atomic E-state index is 14.2. The van der Waals surface area contributed by atoms with E-state index in [1.165, 1.54) is 39.1 Å². The van der Waals surface area contributed by atoms with Crippen molar-refractivity contribution in [3.63, 3.8) is 0 Å². The van der Waals surface area contributed by atoms with Crippen molar-refractivity contribution in [2.75, 3.05) is 13.1 Å². The maximum Gasteiger partial charge on any atom is 0.290 e. The Morgan fingerprint density at radius 2 is 1.90 bits per heavy atom. The van der Waals surface area contributed by atoms with Gasteiger partial charge in [0.25, 0.3) is 11.5 Å². The summed E-state index contributed by atoms with van der Waals surface area (Å²) < 4.78 is 43.3. The zero-order valence-corrected chi connectivity index (χ0v) is 21.9. The molecule has 1 saturated heterocycles. The van der Waals surface area contributed by atoms with Gasteiger partial charge in [-0.1, -0.05) is 6.92 Å². The molecule has 0 spiro atoms. The molecule has 3 aromatic heterocycles. The lowest BCUT2D eigenvalue weighted by molar-refractivity contribution is 0.0783. The molecule has 0 aliphatic carbocycles. The molecule has 1 aliphatic rings. The van der Waals surface area contributed by atoms with Crippen LogP contribution in [0.25, 0.3) is 10.8 Å². The number of aryl methyl sites for hydroxylation is 1. The van der Waals surface area contributed by atoms with Gasteiger partial charge < -0.3 is 10.0 Å². The molecule has 1 fully saturated rings. The zero-order chi connectivity index (χ0) is 27.8. The number of carbonyl (C=O) groups excluding carboxylic acids is 1. The van der Waals surface area contributed by atoms with Gasteiger partial charge in [-0.2, -0.15) is 4.98 Å². The van der Waals surface area contributed by atoms with Crippen LogP contribution in [0.5, 0.6) is 5.88 Å². The smallest absolute Gasteiger partial charge is 0.290 e. The minimum atomic E-state index is -0.954. The van der Waals surface area contributed by atoms with E-state index in [-0.39, 0.29) is 36.8 Å². The second-order valence-corrected chi connectivity index (χ2v) is 10.2. The molecule has 1 unspecified atom stereocenters. The van der Waals surface area contributed by atoms with Crippen LogP contribution in [-0.2, 0) is 0 Å². The number of nitrogens with zero attached hydrogens (tertiary/aromatic N) is 5. The largest absolute Gasteiger partial charge is 0.494 e. The predicted octanol–water partition coefficient (Wildman–Crippen LogP) is 4.82. The van der Waals surface area contributed by atoms with E-state index in [0.717, 1.165) is 18.2 Å². The maximum atomic E-state index is 14.2. The van der Waals surface area contributed by atoms with Crippen LogP contribution < -0.4 is 5.56 Å². The van der Waals surface area contributed by atoms with Gasteiger partial charge in [-0.3, -0.25) is 19.1 Å². The van der Waals surface area contributed by atoms with Gasteiger partial charge in [0.05, 0.1) is 6.04 Å². The van der Waals surface area contributed by atoms with E-state index in [0.29, 0.717) is 22.8 Å². The fourth-order valence-corrected chi connectivity index (χ4v) is 5.72. The molecule has 1 amide bonds. The fourth-order valence-electron chi connectivity index (χ4n) is 4.94. The number of benzene rings is 1. The molecule has 12 heteroatoms. The normalized spacial score (nSPS) is 16.0. The minimum Gasteiger partial charge on any atom is -0.494 e. The topological polar surface area (TPSA) is 101 Å². The lowest BCUT2D eigenvalue weighted by Crippen LogP contribution is -2.35. The number of carbonyl (C=O) groups is 1. The highest BCUT2D eigenvalue weighted by atomic mass is 32.1. The third-order valence-corrected chi connectivity index (χ3v) is 7.69. The highest BCUT2D eigenvalue weighted by Crippen LogP contribution is 2.36. The summed E-state index contributed by atoms with van der Waals surface area (Å²) in [5.41, 5.74) is -0.199. The molecule has 202 valence electrons. The van der Waals surface area contributed by atoms with Crippen LogP contribution in [0.15, 0.2) is 46.7 Å². The standard InChI is InChI=1S/C27H24F3N5O3S/c1-3-21(16-8-18(29)10-19(30)9-16)35-23(25-32-14(2)13-39-25)33-24(36)22(27(35)38)26(37)34-7-5-15(12-34)20-11-17(28)4-6-31-20/h4,6,8-11,13,15,21,38H,3,5,7,12H2,1-2H3/t15?,21-/m0/s1. The molecule has 8 nitrogen and oxygen atoms in total. The van der Waals surface area contributed by atoms with Crippen LogP contribution in [0.2, 0.25) is 0 Å². The first-order valence-electron chi connectivity index (χ1n) is 12.3. The lowest BCUT2D eigenvalue weighted by Gasteiger charge is -2.25. The molecule has 5 rings (SSSR count). The number of hydrogen-bond acceptors (Lipinski definition) is 7. The number of aromatic hydroxyl groups is 1. The van der Waals surface area contributed by atoms with Crippen molar-refractivity contribution in [3.05, 3.63) is 92.2 Å². The summed E-state index contributed by atoms with van der Waals surface area (Å²) in [6, 6.07) is 4.65. The average molecular weight is 556 g/mol. The first-order chi connectivity index (χ1) is 18.7. The van der Waals surface area contributed by atoms with Crippen LogP contribution in [0, 0.1) is 24.4 Å². The second kappa shape index (κ2) is 10.6. The van der Waals surface area contributed by atoms with Crippen molar-refractivity contribution in [1.29, 1.82) is 0 Å². The van der Waals surface area contributed by atoms with E-state index in [2.05, 4.69) is 15.0 Å². The molecule has 0 bridgehead atoms. The van der Waals surface area contributed by atoms with Gasteiger partial charge >= 0.3 is 0 Å². The number of aromatic nitrogens is 4. The minimum absolute atomic E-state index is 0.0214. The zero-order valence-electron chi connectivity index (χ0n) is 21.1. The number of rotatable bonds is 6. The van der Waals surface area contributed by atoms with E-state index in [1.54, 1.807) is 19.2 Å². The molecular formula is C27H24F3N5O3S. The number of hydrogen-bond donors (Lipinski definition) is 1. The van der Waals surface area contributed by atoms with Crippen molar-refractivity contribution in [1.82, 2.24) is 24.4 Å². The van der Waals surface area contributed by atoms with Crippen molar-refractivity contribution in [2.24, 2.45) is 0 Å². The molecule has 1 aromatic carbocycles. The van der Waals surface area contributed by atoms with Crippen molar-refractivity contribution < 1.29 is 23.1 Å². The van der Waals surface area contributed by atoms with E-state index in [1.807, 2.05) is 0 Å². The Hall–Kier alpha value is -4.06.